The number of carbonyl (C=O) groups is 2. The van der Waals surface area contributed by atoms with Gasteiger partial charge in [-0.3, -0.25) is 19.8 Å². The van der Waals surface area contributed by atoms with Crippen molar-refractivity contribution in [1.29, 1.82) is 0 Å². The third-order valence-corrected chi connectivity index (χ3v) is 4.08. The number of esters is 1. The third kappa shape index (κ3) is 4.76. The van der Waals surface area contributed by atoms with E-state index < -0.39 is 10.9 Å². The van der Waals surface area contributed by atoms with Crippen molar-refractivity contribution < 1.29 is 19.2 Å². The lowest BCUT2D eigenvalue weighted by Crippen LogP contribution is -2.49. The second-order valence-corrected chi connectivity index (χ2v) is 6.50. The van der Waals surface area contributed by atoms with Crippen LogP contribution in [-0.4, -0.2) is 66.4 Å². The Labute approximate surface area is 146 Å². The van der Waals surface area contributed by atoms with Crippen molar-refractivity contribution in [3.8, 4) is 0 Å². The molecular weight excluding hydrogens is 326 g/mol. The van der Waals surface area contributed by atoms with Crippen LogP contribution in [0.4, 0.5) is 5.69 Å². The number of nitrogens with zero attached hydrogens (tertiary/aromatic N) is 3. The summed E-state index contributed by atoms with van der Waals surface area (Å²) in [6.45, 7) is 7.92. The standard InChI is InChI=1S/C17H23N3O5/c1-12(2)11-18-4-6-19(7-5-18)16(21)13-8-14(17(22)25-3)10-15(9-13)20(23)24/h8-10,12H,4-7,11H2,1-3H3. The van der Waals surface area contributed by atoms with Gasteiger partial charge in [-0.2, -0.15) is 0 Å². The minimum absolute atomic E-state index is 0.00139. The number of amides is 1. The molecule has 0 atom stereocenters. The summed E-state index contributed by atoms with van der Waals surface area (Å²) in [6, 6.07) is 3.67. The summed E-state index contributed by atoms with van der Waals surface area (Å²) in [7, 11) is 1.19. The van der Waals surface area contributed by atoms with Gasteiger partial charge in [0.15, 0.2) is 0 Å². The van der Waals surface area contributed by atoms with Crippen molar-refractivity contribution in [2.45, 2.75) is 13.8 Å². The molecule has 1 aromatic rings. The maximum atomic E-state index is 12.7. The molecule has 136 valence electrons. The minimum atomic E-state index is -0.709. The van der Waals surface area contributed by atoms with E-state index in [0.29, 0.717) is 19.0 Å². The van der Waals surface area contributed by atoms with Gasteiger partial charge >= 0.3 is 5.97 Å². The van der Waals surface area contributed by atoms with Crippen LogP contribution >= 0.6 is 0 Å². The molecule has 0 N–H and O–H groups in total. The number of methoxy groups -OCH3 is 1. The van der Waals surface area contributed by atoms with Crippen LogP contribution in [0.3, 0.4) is 0 Å². The summed E-state index contributed by atoms with van der Waals surface area (Å²) in [5, 5.41) is 11.1. The molecule has 1 fully saturated rings. The molecule has 0 spiro atoms. The highest BCUT2D eigenvalue weighted by Crippen LogP contribution is 2.20. The van der Waals surface area contributed by atoms with Gasteiger partial charge in [0.1, 0.15) is 0 Å². The fourth-order valence-electron chi connectivity index (χ4n) is 2.91. The Morgan fingerprint density at radius 1 is 1.16 bits per heavy atom. The molecule has 0 unspecified atom stereocenters. The minimum Gasteiger partial charge on any atom is -0.465 e. The van der Waals surface area contributed by atoms with E-state index in [1.54, 1.807) is 4.90 Å². The monoisotopic (exact) mass is 349 g/mol. The van der Waals surface area contributed by atoms with Crippen LogP contribution in [-0.2, 0) is 4.74 Å². The second kappa shape index (κ2) is 8.06. The van der Waals surface area contributed by atoms with Crippen LogP contribution in [0.1, 0.15) is 34.6 Å². The van der Waals surface area contributed by atoms with Gasteiger partial charge in [-0.1, -0.05) is 13.8 Å². The lowest BCUT2D eigenvalue weighted by atomic mass is 10.1. The third-order valence-electron chi connectivity index (χ3n) is 4.08. The van der Waals surface area contributed by atoms with Crippen molar-refractivity contribution in [3.63, 3.8) is 0 Å². The largest absolute Gasteiger partial charge is 0.465 e. The second-order valence-electron chi connectivity index (χ2n) is 6.50. The maximum Gasteiger partial charge on any atom is 0.338 e. The zero-order chi connectivity index (χ0) is 18.6. The van der Waals surface area contributed by atoms with Crippen molar-refractivity contribution in [3.05, 3.63) is 39.4 Å². The predicted octanol–water partition coefficient (Wildman–Crippen LogP) is 1.80. The average molecular weight is 349 g/mol. The van der Waals surface area contributed by atoms with Crippen molar-refractivity contribution in [2.75, 3.05) is 39.8 Å². The first-order valence-electron chi connectivity index (χ1n) is 8.21. The van der Waals surface area contributed by atoms with Gasteiger partial charge in [-0.25, -0.2) is 4.79 Å². The van der Waals surface area contributed by atoms with E-state index in [4.69, 9.17) is 0 Å². The normalized spacial score (nSPS) is 15.3. The highest BCUT2D eigenvalue weighted by molar-refractivity contribution is 5.99. The first kappa shape index (κ1) is 18.9. The lowest BCUT2D eigenvalue weighted by Gasteiger charge is -2.35. The molecular formula is C17H23N3O5. The number of ether oxygens (including phenoxy) is 1. The predicted molar refractivity (Wildman–Crippen MR) is 91.6 cm³/mol. The van der Waals surface area contributed by atoms with Gasteiger partial charge in [-0.15, -0.1) is 0 Å². The topological polar surface area (TPSA) is 93.0 Å². The zero-order valence-corrected chi connectivity index (χ0v) is 14.7. The first-order chi connectivity index (χ1) is 11.8. The maximum absolute atomic E-state index is 12.7. The Morgan fingerprint density at radius 2 is 1.76 bits per heavy atom. The molecule has 8 heteroatoms. The number of carbonyl (C=O) groups excluding carboxylic acids is 2. The lowest BCUT2D eigenvalue weighted by molar-refractivity contribution is -0.384. The van der Waals surface area contributed by atoms with E-state index in [1.807, 2.05) is 0 Å². The van der Waals surface area contributed by atoms with Gasteiger partial charge in [-0.05, 0) is 12.0 Å². The summed E-state index contributed by atoms with van der Waals surface area (Å²) in [5.74, 6) is -0.459. The molecule has 1 aliphatic heterocycles. The number of rotatable bonds is 5. The van der Waals surface area contributed by atoms with Crippen LogP contribution in [0.15, 0.2) is 18.2 Å². The Balaban J connectivity index is 2.17. The molecule has 8 nitrogen and oxygen atoms in total. The van der Waals surface area contributed by atoms with Crippen molar-refractivity contribution in [1.82, 2.24) is 9.80 Å². The Kier molecular flexibility index (Phi) is 6.08. The van der Waals surface area contributed by atoms with E-state index in [9.17, 15) is 19.7 Å². The molecule has 0 aliphatic carbocycles. The van der Waals surface area contributed by atoms with Gasteiger partial charge < -0.3 is 9.64 Å². The summed E-state index contributed by atoms with van der Waals surface area (Å²) in [4.78, 5) is 38.8. The summed E-state index contributed by atoms with van der Waals surface area (Å²) < 4.78 is 4.61. The highest BCUT2D eigenvalue weighted by atomic mass is 16.6. The summed E-state index contributed by atoms with van der Waals surface area (Å²) >= 11 is 0. The molecule has 0 bridgehead atoms. The molecule has 0 radical (unpaired) electrons. The van der Waals surface area contributed by atoms with E-state index in [2.05, 4.69) is 23.5 Å². The van der Waals surface area contributed by atoms with Gasteiger partial charge in [0.2, 0.25) is 0 Å². The Hall–Kier alpha value is -2.48. The molecule has 0 saturated carbocycles. The van der Waals surface area contributed by atoms with Crippen molar-refractivity contribution >= 4 is 17.6 Å². The van der Waals surface area contributed by atoms with Gasteiger partial charge in [0, 0.05) is 50.4 Å². The number of benzene rings is 1. The average Bonchev–Trinajstić information content (AvgIpc) is 2.60. The van der Waals surface area contributed by atoms with Gasteiger partial charge in [0.05, 0.1) is 17.6 Å². The highest BCUT2D eigenvalue weighted by Gasteiger charge is 2.25. The fraction of sp³-hybridized carbons (Fsp3) is 0.529. The number of nitro benzene ring substituents is 1. The molecule has 0 aromatic heterocycles. The van der Waals surface area contributed by atoms with Crippen molar-refractivity contribution in [2.24, 2.45) is 5.92 Å². The van der Waals surface area contributed by atoms with E-state index in [-0.39, 0.29) is 22.7 Å². The molecule has 1 amide bonds. The number of hydrogen-bond donors (Lipinski definition) is 0. The SMILES string of the molecule is COC(=O)c1cc(C(=O)N2CCN(CC(C)C)CC2)cc([N+](=O)[O-])c1. The Morgan fingerprint density at radius 3 is 2.28 bits per heavy atom. The smallest absolute Gasteiger partial charge is 0.338 e. The molecule has 1 aromatic carbocycles. The number of piperazine rings is 1. The van der Waals surface area contributed by atoms with Gasteiger partial charge in [0.25, 0.3) is 11.6 Å². The van der Waals surface area contributed by atoms with E-state index in [0.717, 1.165) is 25.7 Å². The molecule has 2 rings (SSSR count). The van der Waals surface area contributed by atoms with Crippen LogP contribution < -0.4 is 0 Å². The van der Waals surface area contributed by atoms with Crippen LogP contribution in [0.25, 0.3) is 0 Å². The van der Waals surface area contributed by atoms with E-state index >= 15 is 0 Å². The molecule has 1 saturated heterocycles. The molecule has 1 heterocycles. The Bertz CT molecular complexity index is 666. The summed E-state index contributed by atoms with van der Waals surface area (Å²) in [6.07, 6.45) is 0. The number of non-ortho nitro benzene ring substituents is 1. The van der Waals surface area contributed by atoms with E-state index in [1.165, 1.54) is 19.2 Å². The first-order valence-corrected chi connectivity index (χ1v) is 8.21. The number of hydrogen-bond acceptors (Lipinski definition) is 6. The molecule has 25 heavy (non-hydrogen) atoms. The van der Waals surface area contributed by atoms with Crippen LogP contribution in [0, 0.1) is 16.0 Å². The fourth-order valence-corrected chi connectivity index (χ4v) is 2.91. The zero-order valence-electron chi connectivity index (χ0n) is 14.7. The molecule has 1 aliphatic rings. The van der Waals surface area contributed by atoms with Crippen LogP contribution in [0.2, 0.25) is 0 Å². The quantitative estimate of drug-likeness (QED) is 0.457. The van der Waals surface area contributed by atoms with Crippen LogP contribution in [0.5, 0.6) is 0 Å². The summed E-state index contributed by atoms with van der Waals surface area (Å²) in [5.41, 5.74) is -0.171. The number of nitro groups is 1.